The molecule has 0 aliphatic heterocycles. The lowest BCUT2D eigenvalue weighted by Crippen LogP contribution is -2.29. The molecule has 1 aliphatic rings. The summed E-state index contributed by atoms with van der Waals surface area (Å²) in [5.74, 6) is 0. The van der Waals surface area contributed by atoms with E-state index in [-0.39, 0.29) is 5.69 Å². The zero-order valence-corrected chi connectivity index (χ0v) is 20.5. The second-order valence-electron chi connectivity index (χ2n) is 9.61. The van der Waals surface area contributed by atoms with Gasteiger partial charge in [-0.25, -0.2) is 4.79 Å². The minimum Gasteiger partial charge on any atom is -0.296 e. The first-order valence-electron chi connectivity index (χ1n) is 13.0. The van der Waals surface area contributed by atoms with Crippen LogP contribution in [0.2, 0.25) is 0 Å². The Labute approximate surface area is 206 Å². The van der Waals surface area contributed by atoms with Gasteiger partial charge in [0.05, 0.1) is 12.2 Å². The Kier molecular flexibility index (Phi) is 7.21. The summed E-state index contributed by atoms with van der Waals surface area (Å²) in [6.07, 6.45) is 14.2. The number of tetrazole rings is 1. The Morgan fingerprint density at radius 1 is 0.971 bits per heavy atom. The van der Waals surface area contributed by atoms with Gasteiger partial charge in [0, 0.05) is 23.5 Å². The summed E-state index contributed by atoms with van der Waals surface area (Å²) in [4.78, 5) is 13.5. The van der Waals surface area contributed by atoms with Crippen LogP contribution in [0.15, 0.2) is 65.8 Å². The van der Waals surface area contributed by atoms with E-state index in [4.69, 9.17) is 0 Å². The summed E-state index contributed by atoms with van der Waals surface area (Å²) in [6, 6.07) is 17.0. The summed E-state index contributed by atoms with van der Waals surface area (Å²) in [7, 11) is 0. The first-order valence-corrected chi connectivity index (χ1v) is 13.0. The van der Waals surface area contributed by atoms with Gasteiger partial charge in [0.25, 0.3) is 0 Å². The van der Waals surface area contributed by atoms with Gasteiger partial charge in [-0.15, -0.1) is 5.10 Å². The lowest BCUT2D eigenvalue weighted by atomic mass is 9.95. The Morgan fingerprint density at radius 2 is 1.77 bits per heavy atom. The van der Waals surface area contributed by atoms with Crippen molar-refractivity contribution in [2.24, 2.45) is 0 Å². The van der Waals surface area contributed by atoms with Crippen LogP contribution in [0.1, 0.15) is 75.6 Å². The molecule has 0 radical (unpaired) electrons. The molecule has 0 spiro atoms. The highest BCUT2D eigenvalue weighted by atomic mass is 16.1. The van der Waals surface area contributed by atoms with Gasteiger partial charge < -0.3 is 0 Å². The highest BCUT2D eigenvalue weighted by Crippen LogP contribution is 2.28. The van der Waals surface area contributed by atoms with Crippen molar-refractivity contribution in [3.63, 3.8) is 0 Å². The van der Waals surface area contributed by atoms with Crippen LogP contribution in [0, 0.1) is 0 Å². The SMILES string of the molecule is CCCCCc1cn(C2CCCCC2)c(=O)n1Cc1ccc(-c2ccccc2-n2cnnn2)cc1. The van der Waals surface area contributed by atoms with Crippen LogP contribution >= 0.6 is 0 Å². The van der Waals surface area contributed by atoms with E-state index in [1.807, 2.05) is 27.3 Å². The van der Waals surface area contributed by atoms with E-state index < -0.39 is 0 Å². The fourth-order valence-electron chi connectivity index (χ4n) is 5.25. The fraction of sp³-hybridized carbons (Fsp3) is 0.429. The lowest BCUT2D eigenvalue weighted by Gasteiger charge is -2.22. The van der Waals surface area contributed by atoms with E-state index in [2.05, 4.69) is 59.0 Å². The number of aryl methyl sites for hydroxylation is 1. The van der Waals surface area contributed by atoms with E-state index >= 15 is 0 Å². The smallest absolute Gasteiger partial charge is 0.296 e. The number of hydrogen-bond acceptors (Lipinski definition) is 4. The number of nitrogens with zero attached hydrogens (tertiary/aromatic N) is 6. The zero-order chi connectivity index (χ0) is 24.0. The van der Waals surface area contributed by atoms with Crippen LogP contribution in [-0.4, -0.2) is 29.3 Å². The molecule has 35 heavy (non-hydrogen) atoms. The molecule has 4 aromatic rings. The largest absolute Gasteiger partial charge is 0.328 e. The molecule has 0 N–H and O–H groups in total. The molecule has 5 rings (SSSR count). The second kappa shape index (κ2) is 10.8. The number of imidazole rings is 1. The first kappa shape index (κ1) is 23.3. The topological polar surface area (TPSA) is 70.5 Å². The van der Waals surface area contributed by atoms with Gasteiger partial charge >= 0.3 is 5.69 Å². The van der Waals surface area contributed by atoms with Crippen molar-refractivity contribution in [3.05, 3.63) is 82.8 Å². The van der Waals surface area contributed by atoms with Gasteiger partial charge in [0.1, 0.15) is 6.33 Å². The van der Waals surface area contributed by atoms with E-state index in [0.717, 1.165) is 48.1 Å². The molecule has 7 heteroatoms. The number of para-hydroxylation sites is 1. The van der Waals surface area contributed by atoms with Crippen molar-refractivity contribution in [2.45, 2.75) is 77.3 Å². The zero-order valence-electron chi connectivity index (χ0n) is 20.5. The highest BCUT2D eigenvalue weighted by molar-refractivity contribution is 5.72. The average molecular weight is 471 g/mol. The Bertz CT molecular complexity index is 1280. The molecule has 2 aromatic heterocycles. The lowest BCUT2D eigenvalue weighted by molar-refractivity contribution is 0.344. The van der Waals surface area contributed by atoms with Crippen LogP contribution in [-0.2, 0) is 13.0 Å². The summed E-state index contributed by atoms with van der Waals surface area (Å²) < 4.78 is 5.73. The number of benzene rings is 2. The van der Waals surface area contributed by atoms with Crippen LogP contribution in [0.25, 0.3) is 16.8 Å². The summed E-state index contributed by atoms with van der Waals surface area (Å²) in [6.45, 7) is 2.83. The Hall–Kier alpha value is -3.48. The van der Waals surface area contributed by atoms with Crippen molar-refractivity contribution in [1.82, 2.24) is 29.3 Å². The molecular formula is C28H34N6O. The predicted octanol–water partition coefficient (Wildman–Crippen LogP) is 5.58. The molecule has 2 aromatic carbocycles. The molecule has 2 heterocycles. The minimum absolute atomic E-state index is 0.150. The van der Waals surface area contributed by atoms with Gasteiger partial charge in [0.2, 0.25) is 0 Å². The number of unbranched alkanes of at least 4 members (excludes halogenated alkanes) is 2. The number of aromatic nitrogens is 6. The molecule has 0 unspecified atom stereocenters. The van der Waals surface area contributed by atoms with Gasteiger partial charge in [-0.1, -0.05) is 81.5 Å². The first-order chi connectivity index (χ1) is 17.2. The number of rotatable bonds is 9. The van der Waals surface area contributed by atoms with Crippen LogP contribution in [0.4, 0.5) is 0 Å². The van der Waals surface area contributed by atoms with Crippen molar-refractivity contribution in [2.75, 3.05) is 0 Å². The molecule has 7 nitrogen and oxygen atoms in total. The third-order valence-electron chi connectivity index (χ3n) is 7.20. The van der Waals surface area contributed by atoms with Crippen LogP contribution in [0.3, 0.4) is 0 Å². The van der Waals surface area contributed by atoms with Gasteiger partial charge in [-0.3, -0.25) is 9.13 Å². The van der Waals surface area contributed by atoms with E-state index in [1.54, 1.807) is 11.0 Å². The van der Waals surface area contributed by atoms with Crippen molar-refractivity contribution < 1.29 is 0 Å². The summed E-state index contributed by atoms with van der Waals surface area (Å²) in [5.41, 5.74) is 5.54. The third-order valence-corrected chi connectivity index (χ3v) is 7.20. The monoisotopic (exact) mass is 470 g/mol. The normalized spacial score (nSPS) is 14.4. The summed E-state index contributed by atoms with van der Waals surface area (Å²) >= 11 is 0. The molecule has 0 amide bonds. The second-order valence-corrected chi connectivity index (χ2v) is 9.61. The maximum atomic E-state index is 13.5. The fourth-order valence-corrected chi connectivity index (χ4v) is 5.25. The van der Waals surface area contributed by atoms with E-state index in [9.17, 15) is 4.79 Å². The van der Waals surface area contributed by atoms with Crippen LogP contribution in [0.5, 0.6) is 0 Å². The molecule has 1 saturated carbocycles. The maximum absolute atomic E-state index is 13.5. The molecule has 1 fully saturated rings. The Morgan fingerprint density at radius 3 is 2.51 bits per heavy atom. The van der Waals surface area contributed by atoms with Gasteiger partial charge in [-0.2, -0.15) is 4.68 Å². The molecule has 0 saturated heterocycles. The van der Waals surface area contributed by atoms with Gasteiger partial charge in [-0.05, 0) is 53.3 Å². The third kappa shape index (κ3) is 5.14. The van der Waals surface area contributed by atoms with Crippen molar-refractivity contribution >= 4 is 0 Å². The van der Waals surface area contributed by atoms with Crippen molar-refractivity contribution in [1.29, 1.82) is 0 Å². The van der Waals surface area contributed by atoms with E-state index in [0.29, 0.717) is 12.6 Å². The molecule has 182 valence electrons. The predicted molar refractivity (Wildman–Crippen MR) is 138 cm³/mol. The minimum atomic E-state index is 0.150. The standard InChI is InChI=1S/C28H34N6O/c1-2-3-5-12-25-20-33(24-10-6-4-7-11-24)28(35)32(25)19-22-15-17-23(18-16-22)26-13-8-9-14-27(26)34-21-29-30-31-34/h8-9,13-18,20-21,24H,2-7,10-12,19H2,1H3. The average Bonchev–Trinajstić information content (AvgIpc) is 3.55. The summed E-state index contributed by atoms with van der Waals surface area (Å²) in [5, 5.41) is 11.6. The Balaban J connectivity index is 1.41. The quantitative estimate of drug-likeness (QED) is 0.300. The molecule has 0 bridgehead atoms. The van der Waals surface area contributed by atoms with Gasteiger partial charge in [0.15, 0.2) is 0 Å². The maximum Gasteiger partial charge on any atom is 0.328 e. The molecular weight excluding hydrogens is 436 g/mol. The van der Waals surface area contributed by atoms with Crippen molar-refractivity contribution in [3.8, 4) is 16.8 Å². The molecule has 1 aliphatic carbocycles. The number of hydrogen-bond donors (Lipinski definition) is 0. The molecule has 0 atom stereocenters. The van der Waals surface area contributed by atoms with Crippen LogP contribution < -0.4 is 5.69 Å². The highest BCUT2D eigenvalue weighted by Gasteiger charge is 2.20. The van der Waals surface area contributed by atoms with E-state index in [1.165, 1.54) is 37.8 Å².